The Morgan fingerprint density at radius 2 is 1.80 bits per heavy atom. The Balaban J connectivity index is 1.56. The first-order chi connectivity index (χ1) is 14.6. The summed E-state index contributed by atoms with van der Waals surface area (Å²) in [6.07, 6.45) is 1.41. The summed E-state index contributed by atoms with van der Waals surface area (Å²) in [6.45, 7) is -0.241. The van der Waals surface area contributed by atoms with Gasteiger partial charge in [-0.15, -0.1) is 0 Å². The van der Waals surface area contributed by atoms with Gasteiger partial charge < -0.3 is 14.8 Å². The average Bonchev–Trinajstić information content (AvgIpc) is 3.21. The molecular formula is C21H19N5O4. The summed E-state index contributed by atoms with van der Waals surface area (Å²) >= 11 is 0. The van der Waals surface area contributed by atoms with Crippen LogP contribution in [0, 0.1) is 0 Å². The number of benzene rings is 2. The number of methoxy groups -OCH3 is 2. The molecule has 0 aliphatic rings. The maximum atomic E-state index is 12.8. The molecule has 9 nitrogen and oxygen atoms in total. The van der Waals surface area contributed by atoms with E-state index in [-0.39, 0.29) is 6.54 Å². The van der Waals surface area contributed by atoms with Crippen molar-refractivity contribution in [2.45, 2.75) is 6.54 Å². The van der Waals surface area contributed by atoms with E-state index in [1.807, 2.05) is 30.3 Å². The monoisotopic (exact) mass is 405 g/mol. The number of hydrogen-bond donors (Lipinski definition) is 1. The summed E-state index contributed by atoms with van der Waals surface area (Å²) in [5.74, 6) is 0.637. The molecule has 0 atom stereocenters. The number of carbonyl (C=O) groups excluding carboxylic acids is 1. The van der Waals surface area contributed by atoms with Gasteiger partial charge in [0, 0.05) is 17.3 Å². The standard InChI is InChI=1S/C21H19N5O4/c1-29-18-9-8-15(10-19(18)30-2)23-20(27)12-25-21(28)17-11-16(24-26(17)13-22-25)14-6-4-3-5-7-14/h3-11,13H,12H2,1-2H3,(H,23,27). The van der Waals surface area contributed by atoms with Crippen molar-refractivity contribution in [2.75, 3.05) is 19.5 Å². The minimum absolute atomic E-state index is 0.241. The third-order valence-corrected chi connectivity index (χ3v) is 4.52. The number of nitrogens with zero attached hydrogens (tertiary/aromatic N) is 4. The second-order valence-electron chi connectivity index (χ2n) is 6.44. The largest absolute Gasteiger partial charge is 0.493 e. The lowest BCUT2D eigenvalue weighted by atomic mass is 10.1. The number of nitrogens with one attached hydrogen (secondary N) is 1. The van der Waals surface area contributed by atoms with Crippen LogP contribution in [0.15, 0.2) is 65.7 Å². The van der Waals surface area contributed by atoms with Gasteiger partial charge in [-0.25, -0.2) is 9.20 Å². The predicted octanol–water partition coefficient (Wildman–Crippen LogP) is 2.21. The number of rotatable bonds is 6. The minimum Gasteiger partial charge on any atom is -0.493 e. The molecule has 0 fully saturated rings. The van der Waals surface area contributed by atoms with Crippen LogP contribution in [0.2, 0.25) is 0 Å². The first-order valence-corrected chi connectivity index (χ1v) is 9.12. The van der Waals surface area contributed by atoms with E-state index < -0.39 is 11.5 Å². The second-order valence-corrected chi connectivity index (χ2v) is 6.44. The third-order valence-electron chi connectivity index (χ3n) is 4.52. The average molecular weight is 405 g/mol. The van der Waals surface area contributed by atoms with Crippen LogP contribution in [0.1, 0.15) is 0 Å². The van der Waals surface area contributed by atoms with Crippen LogP contribution in [0.4, 0.5) is 5.69 Å². The van der Waals surface area contributed by atoms with Crippen molar-refractivity contribution in [3.8, 4) is 22.8 Å². The van der Waals surface area contributed by atoms with Crippen LogP contribution in [-0.4, -0.2) is 39.5 Å². The molecule has 0 radical (unpaired) electrons. The third kappa shape index (κ3) is 3.72. The smallest absolute Gasteiger partial charge is 0.293 e. The molecule has 0 spiro atoms. The van der Waals surface area contributed by atoms with Crippen molar-refractivity contribution in [1.82, 2.24) is 19.4 Å². The van der Waals surface area contributed by atoms with E-state index in [0.717, 1.165) is 10.2 Å². The van der Waals surface area contributed by atoms with Gasteiger partial charge >= 0.3 is 0 Å². The Hall–Kier alpha value is -4.14. The molecule has 2 aromatic carbocycles. The number of ether oxygens (including phenoxy) is 2. The molecule has 4 aromatic rings. The normalized spacial score (nSPS) is 10.7. The molecule has 0 bridgehead atoms. The number of anilines is 1. The maximum Gasteiger partial charge on any atom is 0.293 e. The quantitative estimate of drug-likeness (QED) is 0.528. The summed E-state index contributed by atoms with van der Waals surface area (Å²) in [6, 6.07) is 16.2. The van der Waals surface area contributed by atoms with E-state index in [9.17, 15) is 9.59 Å². The lowest BCUT2D eigenvalue weighted by molar-refractivity contribution is -0.117. The molecule has 2 heterocycles. The van der Waals surface area contributed by atoms with Crippen LogP contribution >= 0.6 is 0 Å². The van der Waals surface area contributed by atoms with Crippen LogP contribution in [0.5, 0.6) is 11.5 Å². The molecule has 0 saturated carbocycles. The van der Waals surface area contributed by atoms with E-state index in [0.29, 0.717) is 28.4 Å². The maximum absolute atomic E-state index is 12.8. The second kappa shape index (κ2) is 8.08. The zero-order valence-corrected chi connectivity index (χ0v) is 16.4. The van der Waals surface area contributed by atoms with Crippen molar-refractivity contribution >= 4 is 17.1 Å². The van der Waals surface area contributed by atoms with Crippen LogP contribution in [0.25, 0.3) is 16.8 Å². The number of amides is 1. The minimum atomic E-state index is -0.408. The van der Waals surface area contributed by atoms with E-state index in [1.54, 1.807) is 24.3 Å². The lowest BCUT2D eigenvalue weighted by Crippen LogP contribution is -2.30. The molecule has 2 aromatic heterocycles. The summed E-state index contributed by atoms with van der Waals surface area (Å²) in [5, 5.41) is 11.2. The van der Waals surface area contributed by atoms with Gasteiger partial charge in [0.15, 0.2) is 11.5 Å². The van der Waals surface area contributed by atoms with E-state index in [4.69, 9.17) is 9.47 Å². The van der Waals surface area contributed by atoms with Gasteiger partial charge in [0.25, 0.3) is 5.56 Å². The number of carbonyl (C=O) groups is 1. The van der Waals surface area contributed by atoms with Crippen molar-refractivity contribution in [1.29, 1.82) is 0 Å². The van der Waals surface area contributed by atoms with Gasteiger partial charge in [0.05, 0.1) is 19.9 Å². The number of fused-ring (bicyclic) bond motifs is 1. The Morgan fingerprint density at radius 3 is 2.53 bits per heavy atom. The van der Waals surface area contributed by atoms with E-state index in [2.05, 4.69) is 15.5 Å². The van der Waals surface area contributed by atoms with E-state index >= 15 is 0 Å². The van der Waals surface area contributed by atoms with Gasteiger partial charge in [-0.2, -0.15) is 10.2 Å². The van der Waals surface area contributed by atoms with E-state index in [1.165, 1.54) is 25.1 Å². The summed E-state index contributed by atoms with van der Waals surface area (Å²) in [4.78, 5) is 25.2. The molecule has 30 heavy (non-hydrogen) atoms. The van der Waals surface area contributed by atoms with Crippen LogP contribution < -0.4 is 20.3 Å². The molecular weight excluding hydrogens is 386 g/mol. The molecule has 0 aliphatic carbocycles. The lowest BCUT2D eigenvalue weighted by Gasteiger charge is -2.11. The predicted molar refractivity (Wildman–Crippen MR) is 111 cm³/mol. The molecule has 1 amide bonds. The van der Waals surface area contributed by atoms with Gasteiger partial charge in [-0.05, 0) is 18.2 Å². The SMILES string of the molecule is COc1ccc(NC(=O)Cn2ncn3nc(-c4ccccc4)cc3c2=O)cc1OC. The van der Waals surface area contributed by atoms with Crippen LogP contribution in [-0.2, 0) is 11.3 Å². The fraction of sp³-hybridized carbons (Fsp3) is 0.143. The molecule has 0 aliphatic heterocycles. The van der Waals surface area contributed by atoms with Gasteiger partial charge in [-0.1, -0.05) is 30.3 Å². The highest BCUT2D eigenvalue weighted by Crippen LogP contribution is 2.29. The highest BCUT2D eigenvalue weighted by Gasteiger charge is 2.13. The Labute approximate surface area is 171 Å². The van der Waals surface area contributed by atoms with Gasteiger partial charge in [0.2, 0.25) is 5.91 Å². The highest BCUT2D eigenvalue weighted by molar-refractivity contribution is 5.90. The number of hydrogen-bond acceptors (Lipinski definition) is 6. The summed E-state index contributed by atoms with van der Waals surface area (Å²) in [7, 11) is 3.04. The van der Waals surface area contributed by atoms with Crippen molar-refractivity contribution < 1.29 is 14.3 Å². The van der Waals surface area contributed by atoms with Crippen LogP contribution in [0.3, 0.4) is 0 Å². The zero-order valence-electron chi connectivity index (χ0n) is 16.4. The van der Waals surface area contributed by atoms with Gasteiger partial charge in [-0.3, -0.25) is 9.59 Å². The Bertz CT molecular complexity index is 1260. The molecule has 152 valence electrons. The molecule has 4 rings (SSSR count). The van der Waals surface area contributed by atoms with Gasteiger partial charge in [0.1, 0.15) is 18.4 Å². The topological polar surface area (TPSA) is 99.8 Å². The Kier molecular flexibility index (Phi) is 5.17. The first-order valence-electron chi connectivity index (χ1n) is 9.12. The molecule has 1 N–H and O–H groups in total. The van der Waals surface area contributed by atoms with Crippen molar-refractivity contribution in [3.05, 3.63) is 71.3 Å². The summed E-state index contributed by atoms with van der Waals surface area (Å²) < 4.78 is 12.9. The molecule has 9 heteroatoms. The fourth-order valence-corrected chi connectivity index (χ4v) is 3.05. The number of aromatic nitrogens is 4. The molecule has 0 unspecified atom stereocenters. The summed E-state index contributed by atoms with van der Waals surface area (Å²) in [5.41, 5.74) is 1.99. The first kappa shape index (κ1) is 19.2. The fourth-order valence-electron chi connectivity index (χ4n) is 3.05. The zero-order chi connectivity index (χ0) is 21.1. The molecule has 0 saturated heterocycles. The van der Waals surface area contributed by atoms with Crippen molar-refractivity contribution in [3.63, 3.8) is 0 Å². The highest BCUT2D eigenvalue weighted by atomic mass is 16.5. The van der Waals surface area contributed by atoms with Crippen molar-refractivity contribution in [2.24, 2.45) is 0 Å². The Morgan fingerprint density at radius 1 is 1.03 bits per heavy atom.